The molecule has 0 spiro atoms. The summed E-state index contributed by atoms with van der Waals surface area (Å²) < 4.78 is 5.03. The number of hydrogen-bond donors (Lipinski definition) is 3. The van der Waals surface area contributed by atoms with E-state index >= 15 is 0 Å². The van der Waals surface area contributed by atoms with E-state index in [1.807, 2.05) is 12.1 Å². The van der Waals surface area contributed by atoms with Gasteiger partial charge in [-0.3, -0.25) is 9.78 Å². The van der Waals surface area contributed by atoms with Gasteiger partial charge in [-0.1, -0.05) is 6.07 Å². The van der Waals surface area contributed by atoms with Crippen LogP contribution in [0.1, 0.15) is 16.1 Å². The van der Waals surface area contributed by atoms with E-state index in [4.69, 9.17) is 4.42 Å². The molecule has 0 saturated carbocycles. The van der Waals surface area contributed by atoms with E-state index in [9.17, 15) is 9.59 Å². The van der Waals surface area contributed by atoms with E-state index in [2.05, 4.69) is 20.9 Å². The highest BCUT2D eigenvalue weighted by Gasteiger charge is 2.08. The number of anilines is 2. The fourth-order valence-electron chi connectivity index (χ4n) is 2.28. The first kappa shape index (κ1) is 17.2. The first-order valence-corrected chi connectivity index (χ1v) is 8.09. The number of aromatic nitrogens is 1. The minimum Gasteiger partial charge on any atom is -0.459 e. The molecule has 0 bridgehead atoms. The summed E-state index contributed by atoms with van der Waals surface area (Å²) in [5, 5.41) is 8.23. The average Bonchev–Trinajstić information content (AvgIpc) is 3.19. The Labute approximate surface area is 150 Å². The summed E-state index contributed by atoms with van der Waals surface area (Å²) in [6.07, 6.45) is 5.63. The predicted octanol–water partition coefficient (Wildman–Crippen LogP) is 3.29. The minimum absolute atomic E-state index is 0.236. The molecule has 2 heterocycles. The average molecular weight is 350 g/mol. The zero-order chi connectivity index (χ0) is 18.2. The van der Waals surface area contributed by atoms with Gasteiger partial charge in [-0.05, 0) is 54.4 Å². The number of nitrogens with zero attached hydrogens (tertiary/aromatic N) is 1. The molecular weight excluding hydrogens is 332 g/mol. The van der Waals surface area contributed by atoms with E-state index in [-0.39, 0.29) is 17.7 Å². The third kappa shape index (κ3) is 4.94. The number of nitrogens with one attached hydrogen (secondary N) is 3. The number of pyridine rings is 1. The molecule has 0 aliphatic heterocycles. The van der Waals surface area contributed by atoms with Crippen LogP contribution < -0.4 is 16.0 Å². The van der Waals surface area contributed by atoms with Crippen LogP contribution in [0.3, 0.4) is 0 Å². The zero-order valence-electron chi connectivity index (χ0n) is 13.9. The van der Waals surface area contributed by atoms with Crippen molar-refractivity contribution in [1.82, 2.24) is 10.3 Å². The van der Waals surface area contributed by atoms with Crippen molar-refractivity contribution in [2.24, 2.45) is 0 Å². The second-order valence-corrected chi connectivity index (χ2v) is 5.50. The molecule has 0 aliphatic carbocycles. The van der Waals surface area contributed by atoms with Crippen LogP contribution in [0.2, 0.25) is 0 Å². The standard InChI is InChI=1S/C19H18N4O3/c24-18(17-4-2-12-26-17)22-15-5-7-16(8-6-15)23-19(25)21-11-9-14-3-1-10-20-13-14/h1-8,10,12-13H,9,11H2,(H,22,24)(H2,21,23,25). The van der Waals surface area contributed by atoms with Crippen molar-refractivity contribution in [3.8, 4) is 0 Å². The zero-order valence-corrected chi connectivity index (χ0v) is 13.9. The SMILES string of the molecule is O=C(NCCc1cccnc1)Nc1ccc(NC(=O)c2ccco2)cc1. The Hall–Kier alpha value is -3.61. The van der Waals surface area contributed by atoms with Crippen molar-refractivity contribution in [2.75, 3.05) is 17.2 Å². The van der Waals surface area contributed by atoms with Crippen LogP contribution in [0.5, 0.6) is 0 Å². The maximum absolute atomic E-state index is 11.9. The minimum atomic E-state index is -0.330. The monoisotopic (exact) mass is 350 g/mol. The maximum Gasteiger partial charge on any atom is 0.319 e. The molecule has 0 aliphatic rings. The third-order valence-electron chi connectivity index (χ3n) is 3.57. The lowest BCUT2D eigenvalue weighted by molar-refractivity contribution is 0.0996. The fraction of sp³-hybridized carbons (Fsp3) is 0.105. The number of urea groups is 1. The molecule has 0 fully saturated rings. The topological polar surface area (TPSA) is 96.3 Å². The van der Waals surface area contributed by atoms with Crippen molar-refractivity contribution in [3.63, 3.8) is 0 Å². The molecule has 1 aromatic carbocycles. The van der Waals surface area contributed by atoms with Gasteiger partial charge in [0.05, 0.1) is 6.26 Å². The molecule has 7 nitrogen and oxygen atoms in total. The van der Waals surface area contributed by atoms with Crippen LogP contribution in [0.15, 0.2) is 71.6 Å². The molecule has 26 heavy (non-hydrogen) atoms. The van der Waals surface area contributed by atoms with E-state index < -0.39 is 0 Å². The van der Waals surface area contributed by atoms with Gasteiger partial charge in [-0.25, -0.2) is 4.79 Å². The highest BCUT2D eigenvalue weighted by Crippen LogP contribution is 2.14. The van der Waals surface area contributed by atoms with Gasteiger partial charge in [0, 0.05) is 30.3 Å². The quantitative estimate of drug-likeness (QED) is 0.635. The fourth-order valence-corrected chi connectivity index (χ4v) is 2.28. The molecule has 132 valence electrons. The Balaban J connectivity index is 1.44. The van der Waals surface area contributed by atoms with Gasteiger partial charge in [0.25, 0.3) is 5.91 Å². The number of rotatable bonds is 6. The molecular formula is C19H18N4O3. The van der Waals surface area contributed by atoms with Gasteiger partial charge < -0.3 is 20.4 Å². The van der Waals surface area contributed by atoms with Crippen molar-refractivity contribution in [2.45, 2.75) is 6.42 Å². The lowest BCUT2D eigenvalue weighted by Crippen LogP contribution is -2.30. The normalized spacial score (nSPS) is 10.2. The summed E-state index contributed by atoms with van der Waals surface area (Å²) in [5.74, 6) is -0.0935. The van der Waals surface area contributed by atoms with Gasteiger partial charge in [-0.15, -0.1) is 0 Å². The summed E-state index contributed by atoms with van der Waals surface area (Å²) in [7, 11) is 0. The number of furan rings is 1. The highest BCUT2D eigenvalue weighted by molar-refractivity contribution is 6.02. The first-order chi connectivity index (χ1) is 12.7. The van der Waals surface area contributed by atoms with Crippen LogP contribution in [0.25, 0.3) is 0 Å². The van der Waals surface area contributed by atoms with Gasteiger partial charge in [0.15, 0.2) is 5.76 Å². The lowest BCUT2D eigenvalue weighted by atomic mass is 10.2. The summed E-state index contributed by atoms with van der Waals surface area (Å²) in [6, 6.07) is 13.6. The number of benzene rings is 1. The van der Waals surface area contributed by atoms with Crippen molar-refractivity contribution in [3.05, 3.63) is 78.5 Å². The maximum atomic E-state index is 11.9. The van der Waals surface area contributed by atoms with Crippen LogP contribution in [-0.2, 0) is 6.42 Å². The molecule has 0 atom stereocenters. The Kier molecular flexibility index (Phi) is 5.61. The number of carbonyl (C=O) groups is 2. The predicted molar refractivity (Wildman–Crippen MR) is 98.1 cm³/mol. The molecule has 2 aromatic heterocycles. The smallest absolute Gasteiger partial charge is 0.319 e. The summed E-state index contributed by atoms with van der Waals surface area (Å²) in [6.45, 7) is 0.509. The van der Waals surface area contributed by atoms with Gasteiger partial charge in [0.2, 0.25) is 0 Å². The Morgan fingerprint density at radius 2 is 1.73 bits per heavy atom. The molecule has 3 rings (SSSR count). The number of amides is 3. The molecule has 3 amide bonds. The first-order valence-electron chi connectivity index (χ1n) is 8.09. The Morgan fingerprint density at radius 1 is 0.962 bits per heavy atom. The Bertz CT molecular complexity index is 846. The molecule has 0 saturated heterocycles. The van der Waals surface area contributed by atoms with Crippen molar-refractivity contribution >= 4 is 23.3 Å². The van der Waals surface area contributed by atoms with E-state index in [1.54, 1.807) is 48.8 Å². The molecule has 7 heteroatoms. The van der Waals surface area contributed by atoms with Crippen LogP contribution >= 0.6 is 0 Å². The third-order valence-corrected chi connectivity index (χ3v) is 3.57. The summed E-state index contributed by atoms with van der Waals surface area (Å²) in [5.41, 5.74) is 2.29. The van der Waals surface area contributed by atoms with Crippen molar-refractivity contribution < 1.29 is 14.0 Å². The number of carbonyl (C=O) groups excluding carboxylic acids is 2. The van der Waals surface area contributed by atoms with Crippen LogP contribution in [-0.4, -0.2) is 23.5 Å². The summed E-state index contributed by atoms with van der Waals surface area (Å²) >= 11 is 0. The van der Waals surface area contributed by atoms with Gasteiger partial charge in [0.1, 0.15) is 0 Å². The summed E-state index contributed by atoms with van der Waals surface area (Å²) in [4.78, 5) is 27.8. The molecule has 0 radical (unpaired) electrons. The second kappa shape index (κ2) is 8.48. The van der Waals surface area contributed by atoms with E-state index in [0.29, 0.717) is 24.3 Å². The molecule has 3 N–H and O–H groups in total. The van der Waals surface area contributed by atoms with Gasteiger partial charge in [-0.2, -0.15) is 0 Å². The van der Waals surface area contributed by atoms with E-state index in [0.717, 1.165) is 5.56 Å². The largest absolute Gasteiger partial charge is 0.459 e. The second-order valence-electron chi connectivity index (χ2n) is 5.50. The molecule has 3 aromatic rings. The van der Waals surface area contributed by atoms with E-state index in [1.165, 1.54) is 6.26 Å². The van der Waals surface area contributed by atoms with Crippen LogP contribution in [0, 0.1) is 0 Å². The Morgan fingerprint density at radius 3 is 2.38 bits per heavy atom. The molecule has 0 unspecified atom stereocenters. The number of hydrogen-bond acceptors (Lipinski definition) is 4. The van der Waals surface area contributed by atoms with Crippen molar-refractivity contribution in [1.29, 1.82) is 0 Å². The highest BCUT2D eigenvalue weighted by atomic mass is 16.3. The lowest BCUT2D eigenvalue weighted by Gasteiger charge is -2.09. The van der Waals surface area contributed by atoms with Gasteiger partial charge >= 0.3 is 6.03 Å². The van der Waals surface area contributed by atoms with Crippen LogP contribution in [0.4, 0.5) is 16.2 Å².